The largest absolute Gasteiger partial charge is 0.352 e. The normalized spacial score (nSPS) is 23.4. The van der Waals surface area contributed by atoms with Crippen molar-refractivity contribution in [3.8, 4) is 6.07 Å². The summed E-state index contributed by atoms with van der Waals surface area (Å²) in [5, 5.41) is 12.3. The standard InChI is InChI=1S/C16H28N4O/c1-2-15(12-17)20-10-8-19(9-11-20)13-16(21)18-14-6-4-3-5-7-14/h14-15H,2-11,13H2,1H3,(H,18,21). The predicted molar refractivity (Wildman–Crippen MR) is 82.7 cm³/mol. The summed E-state index contributed by atoms with van der Waals surface area (Å²) in [5.41, 5.74) is 0. The lowest BCUT2D eigenvalue weighted by molar-refractivity contribution is -0.123. The molecule has 0 aromatic carbocycles. The van der Waals surface area contributed by atoms with Crippen LogP contribution in [0.15, 0.2) is 0 Å². The maximum atomic E-state index is 12.1. The van der Waals surface area contributed by atoms with E-state index in [4.69, 9.17) is 5.26 Å². The van der Waals surface area contributed by atoms with Gasteiger partial charge in [0.15, 0.2) is 0 Å². The number of hydrogen-bond donors (Lipinski definition) is 1. The lowest BCUT2D eigenvalue weighted by Gasteiger charge is -2.36. The molecule has 5 nitrogen and oxygen atoms in total. The first-order valence-electron chi connectivity index (χ1n) is 8.38. The molecule has 1 aliphatic heterocycles. The lowest BCUT2D eigenvalue weighted by Crippen LogP contribution is -2.52. The Hall–Kier alpha value is -1.12. The first-order valence-corrected chi connectivity index (χ1v) is 8.38. The average Bonchev–Trinajstić information content (AvgIpc) is 2.51. The number of nitriles is 1. The SMILES string of the molecule is CCC(C#N)N1CCN(CC(=O)NC2CCCCC2)CC1. The van der Waals surface area contributed by atoms with Gasteiger partial charge < -0.3 is 5.32 Å². The zero-order valence-corrected chi connectivity index (χ0v) is 13.2. The van der Waals surface area contributed by atoms with Crippen molar-refractivity contribution in [2.24, 2.45) is 0 Å². The van der Waals surface area contributed by atoms with E-state index in [0.717, 1.165) is 45.4 Å². The smallest absolute Gasteiger partial charge is 0.234 e. The van der Waals surface area contributed by atoms with Crippen molar-refractivity contribution in [1.82, 2.24) is 15.1 Å². The van der Waals surface area contributed by atoms with Crippen LogP contribution < -0.4 is 5.32 Å². The number of rotatable bonds is 5. The molecule has 2 rings (SSSR count). The molecule has 1 heterocycles. The molecule has 0 radical (unpaired) electrons. The number of piperazine rings is 1. The van der Waals surface area contributed by atoms with Crippen LogP contribution >= 0.6 is 0 Å². The summed E-state index contributed by atoms with van der Waals surface area (Å²) in [7, 11) is 0. The predicted octanol–water partition coefficient (Wildman–Crippen LogP) is 1.36. The number of nitrogens with one attached hydrogen (secondary N) is 1. The van der Waals surface area contributed by atoms with Gasteiger partial charge in [-0.15, -0.1) is 0 Å². The highest BCUT2D eigenvalue weighted by molar-refractivity contribution is 5.78. The van der Waals surface area contributed by atoms with Crippen LogP contribution in [0.3, 0.4) is 0 Å². The molecule has 1 saturated heterocycles. The van der Waals surface area contributed by atoms with E-state index in [0.29, 0.717) is 12.6 Å². The minimum atomic E-state index is 0.0308. The molecule has 1 unspecified atom stereocenters. The Morgan fingerprint density at radius 1 is 1.24 bits per heavy atom. The number of carbonyl (C=O) groups excluding carboxylic acids is 1. The van der Waals surface area contributed by atoms with Gasteiger partial charge in [0.25, 0.3) is 0 Å². The van der Waals surface area contributed by atoms with Crippen molar-refractivity contribution >= 4 is 5.91 Å². The van der Waals surface area contributed by atoms with Gasteiger partial charge in [0, 0.05) is 32.2 Å². The van der Waals surface area contributed by atoms with Crippen molar-refractivity contribution < 1.29 is 4.79 Å². The van der Waals surface area contributed by atoms with Gasteiger partial charge in [-0.1, -0.05) is 26.2 Å². The molecule has 2 aliphatic rings. The minimum Gasteiger partial charge on any atom is -0.352 e. The minimum absolute atomic E-state index is 0.0308. The molecule has 2 fully saturated rings. The molecule has 21 heavy (non-hydrogen) atoms. The molecular weight excluding hydrogens is 264 g/mol. The number of carbonyl (C=O) groups is 1. The summed E-state index contributed by atoms with van der Waals surface area (Å²) in [6.45, 7) is 6.11. The van der Waals surface area contributed by atoms with Crippen LogP contribution in [0.5, 0.6) is 0 Å². The van der Waals surface area contributed by atoms with E-state index in [1.54, 1.807) is 0 Å². The van der Waals surface area contributed by atoms with Gasteiger partial charge in [0.05, 0.1) is 18.7 Å². The monoisotopic (exact) mass is 292 g/mol. The third kappa shape index (κ3) is 4.98. The van der Waals surface area contributed by atoms with E-state index in [1.165, 1.54) is 19.3 Å². The lowest BCUT2D eigenvalue weighted by atomic mass is 9.95. The molecule has 5 heteroatoms. The molecule has 118 valence electrons. The third-order valence-corrected chi connectivity index (χ3v) is 4.72. The summed E-state index contributed by atoms with van der Waals surface area (Å²) in [4.78, 5) is 16.5. The second-order valence-electron chi connectivity index (χ2n) is 6.27. The number of hydrogen-bond acceptors (Lipinski definition) is 4. The Balaban J connectivity index is 1.68. The number of nitrogens with zero attached hydrogens (tertiary/aromatic N) is 3. The molecule has 0 aromatic rings. The molecule has 0 spiro atoms. The fourth-order valence-corrected chi connectivity index (χ4v) is 3.39. The zero-order chi connectivity index (χ0) is 15.1. The van der Waals surface area contributed by atoms with Crippen molar-refractivity contribution in [1.29, 1.82) is 5.26 Å². The fourth-order valence-electron chi connectivity index (χ4n) is 3.39. The Bertz CT molecular complexity index is 365. The maximum absolute atomic E-state index is 12.1. The van der Waals surface area contributed by atoms with Gasteiger partial charge in [0.1, 0.15) is 0 Å². The summed E-state index contributed by atoms with van der Waals surface area (Å²) >= 11 is 0. The maximum Gasteiger partial charge on any atom is 0.234 e. The average molecular weight is 292 g/mol. The highest BCUT2D eigenvalue weighted by atomic mass is 16.2. The molecule has 1 saturated carbocycles. The van der Waals surface area contributed by atoms with E-state index < -0.39 is 0 Å². The van der Waals surface area contributed by atoms with Gasteiger partial charge in [-0.2, -0.15) is 5.26 Å². The first kappa shape index (κ1) is 16.3. The fraction of sp³-hybridized carbons (Fsp3) is 0.875. The molecule has 1 atom stereocenters. The highest BCUT2D eigenvalue weighted by Gasteiger charge is 2.24. The number of amides is 1. The van der Waals surface area contributed by atoms with E-state index in [2.05, 4.69) is 28.1 Å². The second-order valence-corrected chi connectivity index (χ2v) is 6.27. The van der Waals surface area contributed by atoms with E-state index in [9.17, 15) is 4.79 Å². The van der Waals surface area contributed by atoms with Crippen LogP contribution in [0.1, 0.15) is 45.4 Å². The summed E-state index contributed by atoms with van der Waals surface area (Å²) < 4.78 is 0. The van der Waals surface area contributed by atoms with Crippen molar-refractivity contribution in [3.63, 3.8) is 0 Å². The van der Waals surface area contributed by atoms with E-state index in [-0.39, 0.29) is 11.9 Å². The van der Waals surface area contributed by atoms with Gasteiger partial charge >= 0.3 is 0 Å². The molecule has 0 bridgehead atoms. The van der Waals surface area contributed by atoms with Crippen LogP contribution in [0.4, 0.5) is 0 Å². The Morgan fingerprint density at radius 2 is 1.90 bits per heavy atom. The van der Waals surface area contributed by atoms with Gasteiger partial charge in [-0.05, 0) is 19.3 Å². The summed E-state index contributed by atoms with van der Waals surface area (Å²) in [6, 6.07) is 2.79. The van der Waals surface area contributed by atoms with Crippen LogP contribution in [0.2, 0.25) is 0 Å². The molecule has 0 aromatic heterocycles. The van der Waals surface area contributed by atoms with Crippen LogP contribution in [-0.2, 0) is 4.79 Å². The quantitative estimate of drug-likeness (QED) is 0.831. The molecule has 1 N–H and O–H groups in total. The van der Waals surface area contributed by atoms with Crippen molar-refractivity contribution in [2.75, 3.05) is 32.7 Å². The van der Waals surface area contributed by atoms with Gasteiger partial charge in [-0.3, -0.25) is 14.6 Å². The van der Waals surface area contributed by atoms with Gasteiger partial charge in [0.2, 0.25) is 5.91 Å². The Morgan fingerprint density at radius 3 is 2.48 bits per heavy atom. The van der Waals surface area contributed by atoms with E-state index >= 15 is 0 Å². The first-order chi connectivity index (χ1) is 10.2. The second kappa shape index (κ2) is 8.35. The molecular formula is C16H28N4O. The Kier molecular flexibility index (Phi) is 6.47. The third-order valence-electron chi connectivity index (χ3n) is 4.72. The summed E-state index contributed by atoms with van der Waals surface area (Å²) in [6.07, 6.45) is 6.95. The van der Waals surface area contributed by atoms with Crippen LogP contribution in [0, 0.1) is 11.3 Å². The molecule has 1 amide bonds. The van der Waals surface area contributed by atoms with Crippen molar-refractivity contribution in [2.45, 2.75) is 57.5 Å². The molecule has 1 aliphatic carbocycles. The highest BCUT2D eigenvalue weighted by Crippen LogP contribution is 2.17. The zero-order valence-electron chi connectivity index (χ0n) is 13.2. The Labute approximate surface area is 128 Å². The van der Waals surface area contributed by atoms with Gasteiger partial charge in [-0.25, -0.2) is 0 Å². The topological polar surface area (TPSA) is 59.4 Å². The van der Waals surface area contributed by atoms with Crippen LogP contribution in [0.25, 0.3) is 0 Å². The summed E-state index contributed by atoms with van der Waals surface area (Å²) in [5.74, 6) is 0.169. The van der Waals surface area contributed by atoms with E-state index in [1.807, 2.05) is 0 Å². The van der Waals surface area contributed by atoms with Crippen LogP contribution in [-0.4, -0.2) is 60.5 Å². The van der Waals surface area contributed by atoms with Crippen molar-refractivity contribution in [3.05, 3.63) is 0 Å².